The summed E-state index contributed by atoms with van der Waals surface area (Å²) in [5, 5.41) is 0. The first-order valence-corrected chi connectivity index (χ1v) is 5.21. The topological polar surface area (TPSA) is 3.24 Å². The van der Waals surface area contributed by atoms with E-state index < -0.39 is 6.17 Å². The summed E-state index contributed by atoms with van der Waals surface area (Å²) in [5.41, 5.74) is 2.50. The van der Waals surface area contributed by atoms with Gasteiger partial charge in [0.1, 0.15) is 6.17 Å². The average Bonchev–Trinajstić information content (AvgIpc) is 2.19. The summed E-state index contributed by atoms with van der Waals surface area (Å²) in [6, 6.07) is 8.42. The summed E-state index contributed by atoms with van der Waals surface area (Å²) in [6.07, 6.45) is 0.762. The zero-order valence-corrected chi connectivity index (χ0v) is 8.54. The van der Waals surface area contributed by atoms with E-state index in [1.807, 2.05) is 0 Å². The molecule has 76 valence electrons. The highest BCUT2D eigenvalue weighted by molar-refractivity contribution is 5.48. The quantitative estimate of drug-likeness (QED) is 0.663. The van der Waals surface area contributed by atoms with Gasteiger partial charge in [0.15, 0.2) is 0 Å². The Kier molecular flexibility index (Phi) is 2.71. The maximum absolute atomic E-state index is 12.9. The van der Waals surface area contributed by atoms with Gasteiger partial charge >= 0.3 is 0 Å². The summed E-state index contributed by atoms with van der Waals surface area (Å²) >= 11 is 0. The van der Waals surface area contributed by atoms with E-state index in [0.29, 0.717) is 12.8 Å². The van der Waals surface area contributed by atoms with E-state index in [-0.39, 0.29) is 0 Å². The molecule has 0 atom stereocenters. The van der Waals surface area contributed by atoms with Crippen LogP contribution in [-0.2, 0) is 0 Å². The van der Waals surface area contributed by atoms with E-state index in [1.54, 1.807) is 0 Å². The van der Waals surface area contributed by atoms with Crippen molar-refractivity contribution < 1.29 is 4.39 Å². The minimum Gasteiger partial charge on any atom is -0.371 e. The second-order valence-electron chi connectivity index (χ2n) is 4.00. The van der Waals surface area contributed by atoms with E-state index >= 15 is 0 Å². The molecule has 0 unspecified atom stereocenters. The van der Waals surface area contributed by atoms with Crippen molar-refractivity contribution in [2.24, 2.45) is 0 Å². The standard InChI is InChI=1S/C12H16FN/c1-10-3-2-4-12(9-10)14-7-5-11(13)6-8-14/h2-4,9,11H,5-8H2,1H3. The highest BCUT2D eigenvalue weighted by Crippen LogP contribution is 2.21. The Labute approximate surface area is 84.5 Å². The molecule has 0 amide bonds. The van der Waals surface area contributed by atoms with Crippen molar-refractivity contribution in [2.75, 3.05) is 18.0 Å². The van der Waals surface area contributed by atoms with Crippen LogP contribution in [0.3, 0.4) is 0 Å². The summed E-state index contributed by atoms with van der Waals surface area (Å²) in [7, 11) is 0. The summed E-state index contributed by atoms with van der Waals surface area (Å²) < 4.78 is 12.9. The highest BCUT2D eigenvalue weighted by atomic mass is 19.1. The first-order valence-electron chi connectivity index (χ1n) is 5.21. The lowest BCUT2D eigenvalue weighted by molar-refractivity contribution is 0.277. The number of alkyl halides is 1. The maximum atomic E-state index is 12.9. The molecule has 1 fully saturated rings. The number of aryl methyl sites for hydroxylation is 1. The van der Waals surface area contributed by atoms with Gasteiger partial charge in [0.25, 0.3) is 0 Å². The highest BCUT2D eigenvalue weighted by Gasteiger charge is 2.18. The predicted octanol–water partition coefficient (Wildman–Crippen LogP) is 2.93. The largest absolute Gasteiger partial charge is 0.371 e. The van der Waals surface area contributed by atoms with Crippen LogP contribution in [0.5, 0.6) is 0 Å². The first-order chi connectivity index (χ1) is 6.75. The van der Waals surface area contributed by atoms with Crippen LogP contribution >= 0.6 is 0 Å². The fourth-order valence-corrected chi connectivity index (χ4v) is 1.93. The monoisotopic (exact) mass is 193 g/mol. The number of hydrogen-bond acceptors (Lipinski definition) is 1. The van der Waals surface area contributed by atoms with Crippen molar-refractivity contribution >= 4 is 5.69 Å². The number of nitrogens with zero attached hydrogens (tertiary/aromatic N) is 1. The van der Waals surface area contributed by atoms with Gasteiger partial charge in [-0.15, -0.1) is 0 Å². The fraction of sp³-hybridized carbons (Fsp3) is 0.500. The Morgan fingerprint density at radius 2 is 2.00 bits per heavy atom. The Bertz CT molecular complexity index is 303. The van der Waals surface area contributed by atoms with E-state index in [1.165, 1.54) is 11.3 Å². The third-order valence-electron chi connectivity index (χ3n) is 2.79. The molecule has 14 heavy (non-hydrogen) atoms. The summed E-state index contributed by atoms with van der Waals surface area (Å²) in [4.78, 5) is 2.27. The number of halogens is 1. The second-order valence-corrected chi connectivity index (χ2v) is 4.00. The van der Waals surface area contributed by atoms with Gasteiger partial charge in [0.05, 0.1) is 0 Å². The van der Waals surface area contributed by atoms with Crippen LogP contribution in [0.25, 0.3) is 0 Å². The Morgan fingerprint density at radius 1 is 1.29 bits per heavy atom. The Balaban J connectivity index is 2.08. The molecule has 0 spiro atoms. The molecule has 1 heterocycles. The Morgan fingerprint density at radius 3 is 2.64 bits per heavy atom. The minimum absolute atomic E-state index is 0.587. The van der Waals surface area contributed by atoms with Crippen LogP contribution in [-0.4, -0.2) is 19.3 Å². The van der Waals surface area contributed by atoms with Gasteiger partial charge in [-0.1, -0.05) is 12.1 Å². The van der Waals surface area contributed by atoms with Gasteiger partial charge in [-0.2, -0.15) is 0 Å². The van der Waals surface area contributed by atoms with Crippen molar-refractivity contribution in [2.45, 2.75) is 25.9 Å². The first kappa shape index (κ1) is 9.50. The normalized spacial score (nSPS) is 18.6. The summed E-state index contributed by atoms with van der Waals surface area (Å²) in [5.74, 6) is 0. The van der Waals surface area contributed by atoms with Crippen LogP contribution in [0, 0.1) is 6.92 Å². The molecule has 1 aromatic carbocycles. The molecule has 0 radical (unpaired) electrons. The number of hydrogen-bond donors (Lipinski definition) is 0. The van der Waals surface area contributed by atoms with Gasteiger partial charge in [-0.3, -0.25) is 0 Å². The zero-order valence-electron chi connectivity index (χ0n) is 8.54. The van der Waals surface area contributed by atoms with Crippen molar-refractivity contribution in [3.05, 3.63) is 29.8 Å². The van der Waals surface area contributed by atoms with Crippen LogP contribution in [0.2, 0.25) is 0 Å². The van der Waals surface area contributed by atoms with Crippen LogP contribution in [0.1, 0.15) is 18.4 Å². The molecule has 1 aromatic rings. The lowest BCUT2D eigenvalue weighted by atomic mass is 10.1. The number of piperidine rings is 1. The number of anilines is 1. The van der Waals surface area contributed by atoms with E-state index in [4.69, 9.17) is 0 Å². The van der Waals surface area contributed by atoms with E-state index in [0.717, 1.165) is 13.1 Å². The third-order valence-corrected chi connectivity index (χ3v) is 2.79. The zero-order chi connectivity index (χ0) is 9.97. The molecule has 2 heteroatoms. The molecule has 1 saturated heterocycles. The SMILES string of the molecule is Cc1cccc(N2CCC(F)CC2)c1. The lowest BCUT2D eigenvalue weighted by Gasteiger charge is -2.30. The number of rotatable bonds is 1. The van der Waals surface area contributed by atoms with Crippen molar-refractivity contribution in [3.63, 3.8) is 0 Å². The lowest BCUT2D eigenvalue weighted by Crippen LogP contribution is -2.34. The van der Waals surface area contributed by atoms with Gasteiger partial charge in [0, 0.05) is 18.8 Å². The van der Waals surface area contributed by atoms with Crippen LogP contribution in [0.4, 0.5) is 10.1 Å². The fourth-order valence-electron chi connectivity index (χ4n) is 1.93. The Hall–Kier alpha value is -1.05. The van der Waals surface area contributed by atoms with Crippen LogP contribution in [0.15, 0.2) is 24.3 Å². The average molecular weight is 193 g/mol. The molecule has 0 bridgehead atoms. The molecule has 0 N–H and O–H groups in total. The molecular formula is C12H16FN. The van der Waals surface area contributed by atoms with Crippen molar-refractivity contribution in [1.29, 1.82) is 0 Å². The molecular weight excluding hydrogens is 177 g/mol. The maximum Gasteiger partial charge on any atom is 0.103 e. The predicted molar refractivity (Wildman–Crippen MR) is 57.5 cm³/mol. The van der Waals surface area contributed by atoms with Crippen molar-refractivity contribution in [3.8, 4) is 0 Å². The third kappa shape index (κ3) is 2.06. The van der Waals surface area contributed by atoms with Crippen molar-refractivity contribution in [1.82, 2.24) is 0 Å². The van der Waals surface area contributed by atoms with Gasteiger partial charge in [-0.05, 0) is 37.5 Å². The van der Waals surface area contributed by atoms with E-state index in [2.05, 4.69) is 36.1 Å². The van der Waals surface area contributed by atoms with Gasteiger partial charge < -0.3 is 4.90 Å². The molecule has 0 aliphatic carbocycles. The molecule has 1 aliphatic rings. The smallest absolute Gasteiger partial charge is 0.103 e. The second kappa shape index (κ2) is 3.99. The summed E-state index contributed by atoms with van der Waals surface area (Å²) in [6.45, 7) is 3.79. The number of benzene rings is 1. The molecule has 0 saturated carbocycles. The van der Waals surface area contributed by atoms with Crippen LogP contribution < -0.4 is 4.90 Å². The molecule has 2 rings (SSSR count). The van der Waals surface area contributed by atoms with Gasteiger partial charge in [0.2, 0.25) is 0 Å². The van der Waals surface area contributed by atoms with E-state index in [9.17, 15) is 4.39 Å². The molecule has 1 nitrogen and oxygen atoms in total. The van der Waals surface area contributed by atoms with Gasteiger partial charge in [-0.25, -0.2) is 4.39 Å². The molecule has 0 aromatic heterocycles. The minimum atomic E-state index is -0.587. The molecule has 1 aliphatic heterocycles.